The molecule has 3 rings (SSSR count). The SMILES string of the molecule is C=C(C)C(=O)OCCC1C=C(n2nc3ccccc3n2)C(O)=CC1. The summed E-state index contributed by atoms with van der Waals surface area (Å²) in [7, 11) is 0. The highest BCUT2D eigenvalue weighted by Gasteiger charge is 2.19. The number of fused-ring (bicyclic) bond motifs is 1. The number of carbonyl (C=O) groups is 1. The molecule has 1 aromatic heterocycles. The Bertz CT molecular complexity index is 815. The summed E-state index contributed by atoms with van der Waals surface area (Å²) >= 11 is 0. The Morgan fingerprint density at radius 3 is 2.67 bits per heavy atom. The lowest BCUT2D eigenvalue weighted by Crippen LogP contribution is -2.14. The van der Waals surface area contributed by atoms with Crippen molar-refractivity contribution in [3.63, 3.8) is 0 Å². The minimum Gasteiger partial charge on any atom is -0.506 e. The van der Waals surface area contributed by atoms with Gasteiger partial charge in [0.15, 0.2) is 0 Å². The van der Waals surface area contributed by atoms with Crippen molar-refractivity contribution in [3.05, 3.63) is 54.3 Å². The van der Waals surface area contributed by atoms with Crippen LogP contribution in [0.1, 0.15) is 19.8 Å². The van der Waals surface area contributed by atoms with E-state index in [2.05, 4.69) is 16.8 Å². The summed E-state index contributed by atoms with van der Waals surface area (Å²) in [5.74, 6) is -0.0817. The lowest BCUT2D eigenvalue weighted by Gasteiger charge is -2.18. The number of hydrogen-bond acceptors (Lipinski definition) is 5. The Balaban J connectivity index is 1.73. The molecule has 2 aromatic rings. The molecule has 24 heavy (non-hydrogen) atoms. The fourth-order valence-electron chi connectivity index (χ4n) is 2.51. The van der Waals surface area contributed by atoms with Crippen molar-refractivity contribution in [1.29, 1.82) is 0 Å². The molecule has 124 valence electrons. The van der Waals surface area contributed by atoms with Gasteiger partial charge in [-0.15, -0.1) is 15.0 Å². The van der Waals surface area contributed by atoms with Crippen LogP contribution in [0.25, 0.3) is 16.7 Å². The predicted molar refractivity (Wildman–Crippen MR) is 91.0 cm³/mol. The molecule has 0 fully saturated rings. The van der Waals surface area contributed by atoms with Gasteiger partial charge in [-0.2, -0.15) is 0 Å². The van der Waals surface area contributed by atoms with Gasteiger partial charge in [0.1, 0.15) is 22.5 Å². The topological polar surface area (TPSA) is 77.2 Å². The molecule has 6 nitrogen and oxygen atoms in total. The van der Waals surface area contributed by atoms with Gasteiger partial charge in [0.2, 0.25) is 0 Å². The van der Waals surface area contributed by atoms with Gasteiger partial charge in [0.05, 0.1) is 6.61 Å². The maximum atomic E-state index is 11.4. The minimum atomic E-state index is -0.381. The highest BCUT2D eigenvalue weighted by Crippen LogP contribution is 2.27. The zero-order valence-electron chi connectivity index (χ0n) is 13.5. The number of aliphatic hydroxyl groups is 1. The van der Waals surface area contributed by atoms with Crippen LogP contribution in [0.15, 0.2) is 54.3 Å². The van der Waals surface area contributed by atoms with Crippen LogP contribution >= 0.6 is 0 Å². The number of nitrogens with zero attached hydrogens (tertiary/aromatic N) is 3. The number of ether oxygens (including phenoxy) is 1. The number of aromatic nitrogens is 3. The van der Waals surface area contributed by atoms with Crippen LogP contribution in [0.2, 0.25) is 0 Å². The normalized spacial score (nSPS) is 17.3. The third-order valence-corrected chi connectivity index (χ3v) is 3.84. The van der Waals surface area contributed by atoms with Gasteiger partial charge in [0.25, 0.3) is 0 Å². The second-order valence-corrected chi connectivity index (χ2v) is 5.82. The summed E-state index contributed by atoms with van der Waals surface area (Å²) in [5.41, 5.74) is 2.47. The van der Waals surface area contributed by atoms with Crippen LogP contribution in [0.4, 0.5) is 0 Å². The van der Waals surface area contributed by atoms with Crippen LogP contribution in [0.3, 0.4) is 0 Å². The molecule has 1 unspecified atom stereocenters. The van der Waals surface area contributed by atoms with Gasteiger partial charge < -0.3 is 9.84 Å². The molecular weight excluding hydrogens is 306 g/mol. The Hall–Kier alpha value is -2.89. The predicted octanol–water partition coefficient (Wildman–Crippen LogP) is 3.24. The molecule has 1 heterocycles. The smallest absolute Gasteiger partial charge is 0.333 e. The fraction of sp³-hybridized carbons (Fsp3) is 0.278. The highest BCUT2D eigenvalue weighted by molar-refractivity contribution is 5.86. The molecule has 6 heteroatoms. The maximum absolute atomic E-state index is 11.4. The van der Waals surface area contributed by atoms with Gasteiger partial charge in [-0.25, -0.2) is 4.79 Å². The van der Waals surface area contributed by atoms with E-state index in [1.54, 1.807) is 13.0 Å². The molecule has 0 spiro atoms. The van der Waals surface area contributed by atoms with Crippen molar-refractivity contribution in [2.24, 2.45) is 5.92 Å². The molecule has 0 bridgehead atoms. The lowest BCUT2D eigenvalue weighted by molar-refractivity contribution is -0.139. The van der Waals surface area contributed by atoms with E-state index < -0.39 is 0 Å². The zero-order chi connectivity index (χ0) is 17.1. The summed E-state index contributed by atoms with van der Waals surface area (Å²) < 4.78 is 5.13. The second-order valence-electron chi connectivity index (χ2n) is 5.82. The first-order chi connectivity index (χ1) is 11.5. The maximum Gasteiger partial charge on any atom is 0.333 e. The Labute approximate surface area is 139 Å². The number of hydrogen-bond donors (Lipinski definition) is 1. The van der Waals surface area contributed by atoms with E-state index in [4.69, 9.17) is 4.74 Å². The van der Waals surface area contributed by atoms with Crippen molar-refractivity contribution < 1.29 is 14.6 Å². The van der Waals surface area contributed by atoms with Crippen molar-refractivity contribution >= 4 is 22.7 Å². The average Bonchev–Trinajstić information content (AvgIpc) is 3.00. The molecule has 0 saturated carbocycles. The quantitative estimate of drug-likeness (QED) is 0.674. The third-order valence-electron chi connectivity index (χ3n) is 3.84. The molecule has 1 aromatic carbocycles. The number of allylic oxidation sites excluding steroid dienone is 3. The Morgan fingerprint density at radius 2 is 2.04 bits per heavy atom. The van der Waals surface area contributed by atoms with Crippen LogP contribution in [-0.2, 0) is 9.53 Å². The molecule has 0 amide bonds. The molecule has 1 N–H and O–H groups in total. The first kappa shape index (κ1) is 16.0. The average molecular weight is 325 g/mol. The molecule has 1 aliphatic carbocycles. The highest BCUT2D eigenvalue weighted by atomic mass is 16.5. The van der Waals surface area contributed by atoms with Crippen LogP contribution < -0.4 is 0 Å². The van der Waals surface area contributed by atoms with E-state index in [-0.39, 0.29) is 17.6 Å². The summed E-state index contributed by atoms with van der Waals surface area (Å²) in [5, 5.41) is 18.9. The van der Waals surface area contributed by atoms with Crippen LogP contribution in [-0.4, -0.2) is 32.7 Å². The lowest BCUT2D eigenvalue weighted by atomic mass is 9.95. The van der Waals surface area contributed by atoms with Crippen LogP contribution in [0.5, 0.6) is 0 Å². The van der Waals surface area contributed by atoms with E-state index in [0.29, 0.717) is 30.7 Å². The number of esters is 1. The molecule has 1 atom stereocenters. The van der Waals surface area contributed by atoms with Crippen molar-refractivity contribution in [1.82, 2.24) is 15.0 Å². The van der Waals surface area contributed by atoms with Gasteiger partial charge in [-0.1, -0.05) is 18.7 Å². The number of aliphatic hydroxyl groups excluding tert-OH is 1. The van der Waals surface area contributed by atoms with Gasteiger partial charge in [0, 0.05) is 5.57 Å². The second kappa shape index (κ2) is 6.70. The first-order valence-corrected chi connectivity index (χ1v) is 7.81. The van der Waals surface area contributed by atoms with E-state index in [9.17, 15) is 9.90 Å². The van der Waals surface area contributed by atoms with E-state index in [1.807, 2.05) is 30.3 Å². The summed E-state index contributed by atoms with van der Waals surface area (Å²) in [6, 6.07) is 7.53. The summed E-state index contributed by atoms with van der Waals surface area (Å²) in [6.07, 6.45) is 5.01. The summed E-state index contributed by atoms with van der Waals surface area (Å²) in [4.78, 5) is 12.9. The fourth-order valence-corrected chi connectivity index (χ4v) is 2.51. The number of rotatable bonds is 5. The van der Waals surface area contributed by atoms with Gasteiger partial charge >= 0.3 is 5.97 Å². The van der Waals surface area contributed by atoms with Crippen LogP contribution in [0, 0.1) is 5.92 Å². The Kier molecular flexibility index (Phi) is 4.46. The molecular formula is C18H19N3O3. The largest absolute Gasteiger partial charge is 0.506 e. The minimum absolute atomic E-state index is 0.142. The number of carbonyl (C=O) groups excluding carboxylic acids is 1. The van der Waals surface area contributed by atoms with Crippen molar-refractivity contribution in [2.45, 2.75) is 19.8 Å². The van der Waals surface area contributed by atoms with E-state index >= 15 is 0 Å². The standard InChI is InChI=1S/C18H19N3O3/c1-12(2)18(23)24-10-9-13-7-8-17(22)16(11-13)21-19-14-5-3-4-6-15(14)20-21/h3-6,8,11,13,22H,1,7,9-10H2,2H3. The molecule has 0 saturated heterocycles. The molecule has 0 radical (unpaired) electrons. The van der Waals surface area contributed by atoms with Crippen molar-refractivity contribution in [2.75, 3.05) is 6.61 Å². The summed E-state index contributed by atoms with van der Waals surface area (Å²) in [6.45, 7) is 5.48. The third kappa shape index (κ3) is 3.37. The van der Waals surface area contributed by atoms with E-state index in [0.717, 1.165) is 11.0 Å². The number of benzene rings is 1. The van der Waals surface area contributed by atoms with Crippen molar-refractivity contribution in [3.8, 4) is 0 Å². The first-order valence-electron chi connectivity index (χ1n) is 7.81. The molecule has 0 aliphatic heterocycles. The zero-order valence-corrected chi connectivity index (χ0v) is 13.5. The Morgan fingerprint density at radius 1 is 1.38 bits per heavy atom. The molecule has 1 aliphatic rings. The van der Waals surface area contributed by atoms with Gasteiger partial charge in [-0.3, -0.25) is 0 Å². The van der Waals surface area contributed by atoms with Gasteiger partial charge in [-0.05, 0) is 50.0 Å². The monoisotopic (exact) mass is 325 g/mol. The van der Waals surface area contributed by atoms with E-state index in [1.165, 1.54) is 4.80 Å².